The van der Waals surface area contributed by atoms with Gasteiger partial charge in [-0.25, -0.2) is 4.98 Å². The Hall–Kier alpha value is -1.88. The minimum Gasteiger partial charge on any atom is -0.337 e. The summed E-state index contributed by atoms with van der Waals surface area (Å²) in [6.07, 6.45) is 2.19. The van der Waals surface area contributed by atoms with Crippen molar-refractivity contribution in [3.8, 4) is 0 Å². The lowest BCUT2D eigenvalue weighted by atomic mass is 10.2. The quantitative estimate of drug-likeness (QED) is 0.928. The van der Waals surface area contributed by atoms with Gasteiger partial charge in [-0.1, -0.05) is 12.1 Å². The monoisotopic (exact) mass is 286 g/mol. The molecule has 1 aliphatic rings. The van der Waals surface area contributed by atoms with Crippen LogP contribution in [0.15, 0.2) is 24.3 Å². The number of benzene rings is 1. The summed E-state index contributed by atoms with van der Waals surface area (Å²) in [5, 5.41) is 3.18. The third-order valence-corrected chi connectivity index (χ3v) is 4.28. The molecule has 1 aromatic carbocycles. The number of hydrogen-bond donors (Lipinski definition) is 1. The third kappa shape index (κ3) is 2.65. The standard InChI is InChI=1S/C16H22N4O/c1-12-18-14-7-3-4-8-15(14)20(12)11-16(21)19-9-5-6-13(19)10-17-2/h3-4,7-8,13,17H,5-6,9-11H2,1-2H3. The molecule has 1 fully saturated rings. The number of amides is 1. The molecule has 2 aromatic rings. The van der Waals surface area contributed by atoms with Gasteiger partial charge < -0.3 is 14.8 Å². The van der Waals surface area contributed by atoms with E-state index in [0.717, 1.165) is 42.8 Å². The summed E-state index contributed by atoms with van der Waals surface area (Å²) < 4.78 is 2.02. The van der Waals surface area contributed by atoms with Crippen LogP contribution in [0.3, 0.4) is 0 Å². The van der Waals surface area contributed by atoms with E-state index in [-0.39, 0.29) is 5.91 Å². The first-order chi connectivity index (χ1) is 10.2. The average Bonchev–Trinajstić information content (AvgIpc) is 3.05. The van der Waals surface area contributed by atoms with Gasteiger partial charge in [0.15, 0.2) is 0 Å². The zero-order valence-electron chi connectivity index (χ0n) is 12.7. The van der Waals surface area contributed by atoms with Gasteiger partial charge in [0.2, 0.25) is 5.91 Å². The molecular weight excluding hydrogens is 264 g/mol. The topological polar surface area (TPSA) is 50.2 Å². The highest BCUT2D eigenvalue weighted by Gasteiger charge is 2.28. The van der Waals surface area contributed by atoms with Gasteiger partial charge in [-0.3, -0.25) is 4.79 Å². The number of hydrogen-bond acceptors (Lipinski definition) is 3. The number of para-hydroxylation sites is 2. The molecule has 1 unspecified atom stereocenters. The van der Waals surface area contributed by atoms with Gasteiger partial charge in [0, 0.05) is 19.1 Å². The summed E-state index contributed by atoms with van der Waals surface area (Å²) in [7, 11) is 1.94. The minimum atomic E-state index is 0.194. The summed E-state index contributed by atoms with van der Waals surface area (Å²) in [6, 6.07) is 8.31. The van der Waals surface area contributed by atoms with Crippen LogP contribution in [-0.2, 0) is 11.3 Å². The van der Waals surface area contributed by atoms with Gasteiger partial charge in [-0.05, 0) is 38.9 Å². The van der Waals surface area contributed by atoms with Crippen molar-refractivity contribution in [1.82, 2.24) is 19.8 Å². The normalized spacial score (nSPS) is 18.6. The van der Waals surface area contributed by atoms with E-state index in [2.05, 4.69) is 10.3 Å². The van der Waals surface area contributed by atoms with Crippen molar-refractivity contribution >= 4 is 16.9 Å². The van der Waals surface area contributed by atoms with Gasteiger partial charge in [0.05, 0.1) is 11.0 Å². The molecule has 5 heteroatoms. The lowest BCUT2D eigenvalue weighted by Crippen LogP contribution is -2.42. The van der Waals surface area contributed by atoms with Crippen LogP contribution in [0.4, 0.5) is 0 Å². The van der Waals surface area contributed by atoms with Crippen LogP contribution in [0.25, 0.3) is 11.0 Å². The van der Waals surface area contributed by atoms with Crippen LogP contribution in [-0.4, -0.2) is 46.5 Å². The number of rotatable bonds is 4. The molecular formula is C16H22N4O. The maximum Gasteiger partial charge on any atom is 0.242 e. The zero-order valence-corrected chi connectivity index (χ0v) is 12.7. The predicted octanol–water partition coefficient (Wildman–Crippen LogP) is 1.56. The molecule has 2 heterocycles. The Kier molecular flexibility index (Phi) is 3.92. The molecule has 1 aliphatic heterocycles. The van der Waals surface area contributed by atoms with E-state index in [9.17, 15) is 4.79 Å². The lowest BCUT2D eigenvalue weighted by molar-refractivity contribution is -0.132. The second kappa shape index (κ2) is 5.85. The largest absolute Gasteiger partial charge is 0.337 e. The van der Waals surface area contributed by atoms with E-state index in [1.807, 2.05) is 47.7 Å². The summed E-state index contributed by atoms with van der Waals surface area (Å²) in [5.74, 6) is 1.09. The first kappa shape index (κ1) is 14.1. The van der Waals surface area contributed by atoms with E-state index in [0.29, 0.717) is 12.6 Å². The van der Waals surface area contributed by atoms with E-state index < -0.39 is 0 Å². The molecule has 1 N–H and O–H groups in total. The van der Waals surface area contributed by atoms with Crippen molar-refractivity contribution in [2.75, 3.05) is 20.1 Å². The second-order valence-corrected chi connectivity index (χ2v) is 5.67. The Morgan fingerprint density at radius 3 is 3.05 bits per heavy atom. The van der Waals surface area contributed by atoms with Gasteiger partial charge in [0.1, 0.15) is 12.4 Å². The summed E-state index contributed by atoms with van der Waals surface area (Å²) >= 11 is 0. The van der Waals surface area contributed by atoms with Crippen LogP contribution in [0.1, 0.15) is 18.7 Å². The van der Waals surface area contributed by atoms with Gasteiger partial charge in [0.25, 0.3) is 0 Å². The number of aromatic nitrogens is 2. The SMILES string of the molecule is CNCC1CCCN1C(=O)Cn1c(C)nc2ccccc21. The maximum atomic E-state index is 12.6. The molecule has 3 rings (SSSR count). The molecule has 1 amide bonds. The smallest absolute Gasteiger partial charge is 0.242 e. The molecule has 0 radical (unpaired) electrons. The molecule has 0 bridgehead atoms. The Labute approximate surface area is 125 Å². The third-order valence-electron chi connectivity index (χ3n) is 4.28. The highest BCUT2D eigenvalue weighted by atomic mass is 16.2. The molecule has 112 valence electrons. The molecule has 21 heavy (non-hydrogen) atoms. The first-order valence-electron chi connectivity index (χ1n) is 7.56. The Morgan fingerprint density at radius 1 is 1.43 bits per heavy atom. The number of nitrogens with one attached hydrogen (secondary N) is 1. The summed E-state index contributed by atoms with van der Waals surface area (Å²) in [6.45, 7) is 4.08. The number of fused-ring (bicyclic) bond motifs is 1. The van der Waals surface area contributed by atoms with Gasteiger partial charge >= 0.3 is 0 Å². The number of likely N-dealkylation sites (N-methyl/N-ethyl adjacent to an activating group) is 1. The molecule has 0 aliphatic carbocycles. The molecule has 1 saturated heterocycles. The predicted molar refractivity (Wildman–Crippen MR) is 83.1 cm³/mol. The molecule has 5 nitrogen and oxygen atoms in total. The average molecular weight is 286 g/mol. The highest BCUT2D eigenvalue weighted by molar-refractivity contribution is 5.81. The van der Waals surface area contributed by atoms with Crippen molar-refractivity contribution in [3.63, 3.8) is 0 Å². The Balaban J connectivity index is 1.81. The summed E-state index contributed by atoms with van der Waals surface area (Å²) in [5.41, 5.74) is 1.99. The van der Waals surface area contributed by atoms with Crippen LogP contribution >= 0.6 is 0 Å². The fourth-order valence-corrected chi connectivity index (χ4v) is 3.23. The van der Waals surface area contributed by atoms with Crippen LogP contribution in [0.5, 0.6) is 0 Å². The molecule has 1 aromatic heterocycles. The first-order valence-corrected chi connectivity index (χ1v) is 7.56. The Bertz CT molecular complexity index is 649. The highest BCUT2D eigenvalue weighted by Crippen LogP contribution is 2.19. The fourth-order valence-electron chi connectivity index (χ4n) is 3.23. The number of aryl methyl sites for hydroxylation is 1. The van der Waals surface area contributed by atoms with E-state index in [1.165, 1.54) is 0 Å². The van der Waals surface area contributed by atoms with Crippen LogP contribution in [0, 0.1) is 6.92 Å². The van der Waals surface area contributed by atoms with Crippen molar-refractivity contribution in [3.05, 3.63) is 30.1 Å². The number of carbonyl (C=O) groups excluding carboxylic acids is 1. The van der Waals surface area contributed by atoms with Crippen molar-refractivity contribution in [2.24, 2.45) is 0 Å². The van der Waals surface area contributed by atoms with E-state index in [1.54, 1.807) is 0 Å². The Morgan fingerprint density at radius 2 is 2.24 bits per heavy atom. The van der Waals surface area contributed by atoms with Crippen molar-refractivity contribution in [2.45, 2.75) is 32.4 Å². The van der Waals surface area contributed by atoms with Gasteiger partial charge in [-0.15, -0.1) is 0 Å². The van der Waals surface area contributed by atoms with E-state index in [4.69, 9.17) is 0 Å². The van der Waals surface area contributed by atoms with E-state index >= 15 is 0 Å². The maximum absolute atomic E-state index is 12.6. The molecule has 0 spiro atoms. The number of likely N-dealkylation sites (tertiary alicyclic amines) is 1. The van der Waals surface area contributed by atoms with Crippen molar-refractivity contribution in [1.29, 1.82) is 0 Å². The summed E-state index contributed by atoms with van der Waals surface area (Å²) in [4.78, 5) is 19.2. The minimum absolute atomic E-state index is 0.194. The number of nitrogens with zero attached hydrogens (tertiary/aromatic N) is 3. The van der Waals surface area contributed by atoms with Gasteiger partial charge in [-0.2, -0.15) is 0 Å². The second-order valence-electron chi connectivity index (χ2n) is 5.67. The lowest BCUT2D eigenvalue weighted by Gasteiger charge is -2.25. The number of carbonyl (C=O) groups is 1. The molecule has 0 saturated carbocycles. The number of imidazole rings is 1. The fraction of sp³-hybridized carbons (Fsp3) is 0.500. The zero-order chi connectivity index (χ0) is 14.8. The van der Waals surface area contributed by atoms with Crippen LogP contribution in [0.2, 0.25) is 0 Å². The van der Waals surface area contributed by atoms with Crippen molar-refractivity contribution < 1.29 is 4.79 Å². The molecule has 1 atom stereocenters. The van der Waals surface area contributed by atoms with Crippen LogP contribution < -0.4 is 5.32 Å².